The summed E-state index contributed by atoms with van der Waals surface area (Å²) in [6.07, 6.45) is 5.78. The fraction of sp³-hybridized carbons (Fsp3) is 0.321. The molecule has 2 aromatic carbocycles. The number of nitrogens with one attached hydrogen (secondary N) is 2. The van der Waals surface area contributed by atoms with Crippen LogP contribution in [0.1, 0.15) is 32.7 Å². The lowest BCUT2D eigenvalue weighted by Crippen LogP contribution is -2.42. The number of aromatic nitrogens is 4. The Kier molecular flexibility index (Phi) is 8.30. The molecule has 3 heterocycles. The highest BCUT2D eigenvalue weighted by atomic mass is 32.2. The molecule has 0 unspecified atom stereocenters. The maximum Gasteiger partial charge on any atom is 0.261 e. The van der Waals surface area contributed by atoms with Gasteiger partial charge in [-0.25, -0.2) is 35.5 Å². The lowest BCUT2D eigenvalue weighted by Gasteiger charge is -2.30. The van der Waals surface area contributed by atoms with Crippen molar-refractivity contribution in [1.82, 2.24) is 24.1 Å². The van der Waals surface area contributed by atoms with Crippen LogP contribution in [-0.2, 0) is 20.0 Å². The van der Waals surface area contributed by atoms with E-state index in [9.17, 15) is 16.8 Å². The van der Waals surface area contributed by atoms with E-state index in [-0.39, 0.29) is 28.2 Å². The van der Waals surface area contributed by atoms with Gasteiger partial charge in [0.25, 0.3) is 10.0 Å². The molecule has 0 spiro atoms. The van der Waals surface area contributed by atoms with Gasteiger partial charge < -0.3 is 5.32 Å². The Hall–Kier alpha value is -3.88. The molecule has 0 radical (unpaired) electrons. The molecule has 11 nitrogen and oxygen atoms in total. The third-order valence-electron chi connectivity index (χ3n) is 7.00. The average Bonchev–Trinajstić information content (AvgIpc) is 3.40. The van der Waals surface area contributed by atoms with E-state index in [1.165, 1.54) is 28.8 Å². The first-order valence-electron chi connectivity index (χ1n) is 13.4. The SMILES string of the molecule is CC(C)n1cc(-c2ccnc(NC3CCN(S(C)(=O)=O)CC3)n2)c(-c2cccc(NS(=O)(=O)c3ccccc3)c2F)n1. The smallest absolute Gasteiger partial charge is 0.261 e. The van der Waals surface area contributed by atoms with Gasteiger partial charge in [-0.2, -0.15) is 5.10 Å². The number of rotatable bonds is 9. The molecule has 0 bridgehead atoms. The molecular formula is C28H32FN7O4S2. The van der Waals surface area contributed by atoms with E-state index in [1.807, 2.05) is 13.8 Å². The van der Waals surface area contributed by atoms with Gasteiger partial charge in [0, 0.05) is 48.7 Å². The van der Waals surface area contributed by atoms with Gasteiger partial charge in [0.2, 0.25) is 16.0 Å². The van der Waals surface area contributed by atoms with Crippen LogP contribution in [0.3, 0.4) is 0 Å². The summed E-state index contributed by atoms with van der Waals surface area (Å²) in [5.74, 6) is -0.407. The predicted octanol–water partition coefficient (Wildman–Crippen LogP) is 4.36. The topological polar surface area (TPSA) is 139 Å². The van der Waals surface area contributed by atoms with Gasteiger partial charge in [-0.1, -0.05) is 24.3 Å². The summed E-state index contributed by atoms with van der Waals surface area (Å²) >= 11 is 0. The Morgan fingerprint density at radius 2 is 1.67 bits per heavy atom. The molecule has 1 aliphatic rings. The van der Waals surface area contributed by atoms with E-state index in [0.717, 1.165) is 0 Å². The van der Waals surface area contributed by atoms with Crippen molar-refractivity contribution in [2.75, 3.05) is 29.4 Å². The molecule has 0 saturated carbocycles. The van der Waals surface area contributed by atoms with Crippen molar-refractivity contribution in [2.45, 2.75) is 43.7 Å². The monoisotopic (exact) mass is 613 g/mol. The molecule has 14 heteroatoms. The molecule has 1 aliphatic heterocycles. The van der Waals surface area contributed by atoms with Crippen LogP contribution in [0.2, 0.25) is 0 Å². The van der Waals surface area contributed by atoms with Crippen LogP contribution < -0.4 is 10.0 Å². The van der Waals surface area contributed by atoms with Gasteiger partial charge >= 0.3 is 0 Å². The highest BCUT2D eigenvalue weighted by molar-refractivity contribution is 7.92. The number of sulfonamides is 2. The molecule has 222 valence electrons. The van der Waals surface area contributed by atoms with Gasteiger partial charge in [0.05, 0.1) is 22.5 Å². The predicted molar refractivity (Wildman–Crippen MR) is 159 cm³/mol. The number of piperidine rings is 1. The summed E-state index contributed by atoms with van der Waals surface area (Å²) in [7, 11) is -7.25. The van der Waals surface area contributed by atoms with Crippen molar-refractivity contribution >= 4 is 31.7 Å². The van der Waals surface area contributed by atoms with Crippen LogP contribution in [-0.4, -0.2) is 66.3 Å². The minimum Gasteiger partial charge on any atom is -0.351 e. The van der Waals surface area contributed by atoms with Gasteiger partial charge in [0.15, 0.2) is 5.82 Å². The van der Waals surface area contributed by atoms with Gasteiger partial charge in [0.1, 0.15) is 5.69 Å². The van der Waals surface area contributed by atoms with Crippen LogP contribution in [0.5, 0.6) is 0 Å². The Bertz CT molecular complexity index is 1790. The van der Waals surface area contributed by atoms with E-state index < -0.39 is 25.9 Å². The normalized spacial score (nSPS) is 15.2. The maximum atomic E-state index is 15.9. The Balaban J connectivity index is 1.46. The zero-order valence-electron chi connectivity index (χ0n) is 23.4. The van der Waals surface area contributed by atoms with Crippen LogP contribution in [0, 0.1) is 5.82 Å². The molecule has 0 aliphatic carbocycles. The van der Waals surface area contributed by atoms with Gasteiger partial charge in [-0.05, 0) is 57.0 Å². The lowest BCUT2D eigenvalue weighted by molar-refractivity contribution is 0.331. The first kappa shape index (κ1) is 29.6. The maximum absolute atomic E-state index is 15.9. The van der Waals surface area contributed by atoms with E-state index in [2.05, 4.69) is 25.1 Å². The van der Waals surface area contributed by atoms with Gasteiger partial charge in [-0.15, -0.1) is 0 Å². The number of anilines is 2. The Labute approximate surface area is 244 Å². The van der Waals surface area contributed by atoms with Crippen molar-refractivity contribution in [2.24, 2.45) is 0 Å². The number of halogens is 1. The van der Waals surface area contributed by atoms with Crippen LogP contribution in [0.4, 0.5) is 16.0 Å². The van der Waals surface area contributed by atoms with Gasteiger partial charge in [-0.3, -0.25) is 9.40 Å². The molecule has 1 fully saturated rings. The minimum atomic E-state index is -4.02. The quantitative estimate of drug-likeness (QED) is 0.284. The number of nitrogens with zero attached hydrogens (tertiary/aromatic N) is 5. The van der Waals surface area contributed by atoms with Crippen molar-refractivity contribution in [3.63, 3.8) is 0 Å². The molecule has 42 heavy (non-hydrogen) atoms. The second-order valence-corrected chi connectivity index (χ2v) is 14.1. The summed E-state index contributed by atoms with van der Waals surface area (Å²) in [6, 6.07) is 13.9. The highest BCUT2D eigenvalue weighted by Crippen LogP contribution is 2.35. The Morgan fingerprint density at radius 3 is 2.33 bits per heavy atom. The van der Waals surface area contributed by atoms with E-state index >= 15 is 4.39 Å². The highest BCUT2D eigenvalue weighted by Gasteiger charge is 2.26. The summed E-state index contributed by atoms with van der Waals surface area (Å²) in [5, 5.41) is 7.94. The molecule has 5 rings (SSSR count). The van der Waals surface area contributed by atoms with E-state index in [4.69, 9.17) is 0 Å². The molecule has 2 aromatic heterocycles. The average molecular weight is 614 g/mol. The van der Waals surface area contributed by atoms with Crippen molar-refractivity contribution < 1.29 is 21.2 Å². The van der Waals surface area contributed by atoms with Crippen molar-refractivity contribution in [3.05, 3.63) is 72.8 Å². The van der Waals surface area contributed by atoms with Crippen LogP contribution >= 0.6 is 0 Å². The second kappa shape index (κ2) is 11.8. The summed E-state index contributed by atoms with van der Waals surface area (Å²) < 4.78 is 70.9. The third kappa shape index (κ3) is 6.45. The third-order valence-corrected chi connectivity index (χ3v) is 9.69. The molecule has 2 N–H and O–H groups in total. The first-order chi connectivity index (χ1) is 19.9. The second-order valence-electron chi connectivity index (χ2n) is 10.4. The number of hydrogen-bond donors (Lipinski definition) is 2. The van der Waals surface area contributed by atoms with Crippen molar-refractivity contribution in [3.8, 4) is 22.5 Å². The van der Waals surface area contributed by atoms with Crippen LogP contribution in [0.25, 0.3) is 22.5 Å². The Morgan fingerprint density at radius 1 is 0.952 bits per heavy atom. The fourth-order valence-corrected chi connectivity index (χ4v) is 6.69. The van der Waals surface area contributed by atoms with E-state index in [0.29, 0.717) is 48.8 Å². The summed E-state index contributed by atoms with van der Waals surface area (Å²) in [4.78, 5) is 9.03. The number of hydrogen-bond acceptors (Lipinski definition) is 8. The van der Waals surface area contributed by atoms with Crippen molar-refractivity contribution in [1.29, 1.82) is 0 Å². The molecule has 0 atom stereocenters. The first-order valence-corrected chi connectivity index (χ1v) is 16.8. The largest absolute Gasteiger partial charge is 0.351 e. The number of benzene rings is 2. The molecule has 0 amide bonds. The van der Waals surface area contributed by atoms with Crippen LogP contribution in [0.15, 0.2) is 71.9 Å². The standard InChI is InChI=1S/C28H32FN7O4S2/c1-19(2)36-18-23(24-12-15-30-28(32-24)31-20-13-16-35(17-14-20)41(3,37)38)27(33-36)22-10-7-11-25(26(22)29)34-42(39,40)21-8-5-4-6-9-21/h4-12,15,18-20,34H,13-14,16-17H2,1-3H3,(H,30,31,32). The van der Waals surface area contributed by atoms with E-state index in [1.54, 1.807) is 53.5 Å². The zero-order valence-corrected chi connectivity index (χ0v) is 25.0. The molecule has 4 aromatic rings. The zero-order chi connectivity index (χ0) is 30.1. The summed E-state index contributed by atoms with van der Waals surface area (Å²) in [5.41, 5.74) is 1.25. The lowest BCUT2D eigenvalue weighted by atomic mass is 10.0. The molecule has 1 saturated heterocycles. The fourth-order valence-electron chi connectivity index (χ4n) is 4.73. The minimum absolute atomic E-state index is 0.0112. The molecular weight excluding hydrogens is 581 g/mol. The summed E-state index contributed by atoms with van der Waals surface area (Å²) in [6.45, 7) is 4.70.